The average molecular weight is 283 g/mol. The number of halogens is 2. The van der Waals surface area contributed by atoms with Crippen molar-refractivity contribution >= 4 is 11.9 Å². The third kappa shape index (κ3) is 2.95. The highest BCUT2D eigenvalue weighted by Crippen LogP contribution is 2.24. The number of aliphatic carboxylic acids is 1. The molecule has 2 atom stereocenters. The van der Waals surface area contributed by atoms with Crippen LogP contribution in [0.25, 0.3) is 0 Å². The van der Waals surface area contributed by atoms with Gasteiger partial charge in [0, 0.05) is 13.1 Å². The first-order valence-electron chi connectivity index (χ1n) is 6.33. The largest absolute Gasteiger partial charge is 0.481 e. The summed E-state index contributed by atoms with van der Waals surface area (Å²) >= 11 is 0. The van der Waals surface area contributed by atoms with Crippen LogP contribution in [0, 0.1) is 23.5 Å². The SMILES string of the molecule is CC1CN(C(=O)Cc2ccc(F)c(F)c2)CC1C(=O)O. The van der Waals surface area contributed by atoms with Crippen LogP contribution < -0.4 is 0 Å². The summed E-state index contributed by atoms with van der Waals surface area (Å²) < 4.78 is 25.9. The minimum absolute atomic E-state index is 0.0593. The lowest BCUT2D eigenvalue weighted by Gasteiger charge is -2.16. The number of likely N-dealkylation sites (tertiary alicyclic amines) is 1. The molecule has 1 saturated heterocycles. The van der Waals surface area contributed by atoms with Gasteiger partial charge in [-0.15, -0.1) is 0 Å². The predicted octanol–water partition coefficient (Wildman–Crippen LogP) is 1.69. The number of hydrogen-bond acceptors (Lipinski definition) is 2. The number of carbonyl (C=O) groups is 2. The summed E-state index contributed by atoms with van der Waals surface area (Å²) in [5.74, 6) is -3.81. The first kappa shape index (κ1) is 14.4. The van der Waals surface area contributed by atoms with Crippen molar-refractivity contribution in [3.05, 3.63) is 35.4 Å². The number of carboxylic acid groups (broad SMARTS) is 1. The lowest BCUT2D eigenvalue weighted by atomic mass is 9.99. The predicted molar refractivity (Wildman–Crippen MR) is 66.9 cm³/mol. The van der Waals surface area contributed by atoms with E-state index in [4.69, 9.17) is 5.11 Å². The minimum atomic E-state index is -0.992. The molecule has 1 heterocycles. The van der Waals surface area contributed by atoms with Crippen LogP contribution in [0.15, 0.2) is 18.2 Å². The van der Waals surface area contributed by atoms with E-state index in [-0.39, 0.29) is 24.8 Å². The van der Waals surface area contributed by atoms with Gasteiger partial charge in [-0.3, -0.25) is 9.59 Å². The van der Waals surface area contributed by atoms with E-state index in [1.807, 2.05) is 0 Å². The summed E-state index contributed by atoms with van der Waals surface area (Å²) in [6, 6.07) is 3.32. The van der Waals surface area contributed by atoms with Gasteiger partial charge in [-0.05, 0) is 23.6 Å². The maximum atomic E-state index is 13.1. The number of carbonyl (C=O) groups excluding carboxylic acids is 1. The molecule has 1 amide bonds. The van der Waals surface area contributed by atoms with Gasteiger partial charge < -0.3 is 10.0 Å². The molecule has 0 radical (unpaired) electrons. The Hall–Kier alpha value is -1.98. The molecule has 108 valence electrons. The van der Waals surface area contributed by atoms with E-state index < -0.39 is 23.5 Å². The summed E-state index contributed by atoms with van der Waals surface area (Å²) in [5, 5.41) is 9.01. The maximum Gasteiger partial charge on any atom is 0.308 e. The molecule has 0 saturated carbocycles. The molecule has 0 aromatic heterocycles. The van der Waals surface area contributed by atoms with E-state index in [9.17, 15) is 18.4 Å². The standard InChI is InChI=1S/C14H15F2NO3/c1-8-6-17(7-10(8)14(19)20)13(18)5-9-2-3-11(15)12(16)4-9/h2-4,8,10H,5-7H2,1H3,(H,19,20). The van der Waals surface area contributed by atoms with Crippen molar-refractivity contribution in [2.45, 2.75) is 13.3 Å². The second-order valence-electron chi connectivity index (χ2n) is 5.15. The van der Waals surface area contributed by atoms with Crippen molar-refractivity contribution in [2.24, 2.45) is 11.8 Å². The van der Waals surface area contributed by atoms with E-state index in [0.29, 0.717) is 12.1 Å². The normalized spacial score (nSPS) is 22.1. The van der Waals surface area contributed by atoms with Crippen LogP contribution in [0.3, 0.4) is 0 Å². The molecule has 20 heavy (non-hydrogen) atoms. The fourth-order valence-electron chi connectivity index (χ4n) is 2.43. The lowest BCUT2D eigenvalue weighted by molar-refractivity contribution is -0.142. The number of nitrogens with zero attached hydrogens (tertiary/aromatic N) is 1. The zero-order valence-corrected chi connectivity index (χ0v) is 11.0. The van der Waals surface area contributed by atoms with Crippen molar-refractivity contribution < 1.29 is 23.5 Å². The Morgan fingerprint density at radius 2 is 2.00 bits per heavy atom. The summed E-state index contributed by atoms with van der Waals surface area (Å²) in [6.07, 6.45) is -0.0593. The van der Waals surface area contributed by atoms with Gasteiger partial charge in [0.15, 0.2) is 11.6 Å². The number of rotatable bonds is 3. The molecule has 0 aliphatic carbocycles. The monoisotopic (exact) mass is 283 g/mol. The third-order valence-corrected chi connectivity index (χ3v) is 3.62. The first-order chi connectivity index (χ1) is 9.38. The lowest BCUT2D eigenvalue weighted by Crippen LogP contribution is -2.31. The fourth-order valence-corrected chi connectivity index (χ4v) is 2.43. The highest BCUT2D eigenvalue weighted by atomic mass is 19.2. The van der Waals surface area contributed by atoms with Crippen LogP contribution >= 0.6 is 0 Å². The molecule has 1 aromatic carbocycles. The molecule has 4 nitrogen and oxygen atoms in total. The fraction of sp³-hybridized carbons (Fsp3) is 0.429. The van der Waals surface area contributed by atoms with Crippen LogP contribution in [0.4, 0.5) is 8.78 Å². The van der Waals surface area contributed by atoms with Gasteiger partial charge in [0.05, 0.1) is 12.3 Å². The molecule has 1 aliphatic rings. The van der Waals surface area contributed by atoms with Crippen molar-refractivity contribution in [1.82, 2.24) is 4.90 Å². The highest BCUT2D eigenvalue weighted by molar-refractivity contribution is 5.80. The van der Waals surface area contributed by atoms with Crippen LogP contribution in [0.1, 0.15) is 12.5 Å². The maximum absolute atomic E-state index is 13.1. The van der Waals surface area contributed by atoms with Crippen molar-refractivity contribution in [3.63, 3.8) is 0 Å². The van der Waals surface area contributed by atoms with Crippen LogP contribution in [0.5, 0.6) is 0 Å². The Morgan fingerprint density at radius 1 is 1.30 bits per heavy atom. The van der Waals surface area contributed by atoms with E-state index in [0.717, 1.165) is 12.1 Å². The highest BCUT2D eigenvalue weighted by Gasteiger charge is 2.36. The summed E-state index contributed by atoms with van der Waals surface area (Å²) in [5.41, 5.74) is 0.375. The van der Waals surface area contributed by atoms with E-state index in [1.54, 1.807) is 6.92 Å². The minimum Gasteiger partial charge on any atom is -0.481 e. The van der Waals surface area contributed by atoms with Gasteiger partial charge >= 0.3 is 5.97 Å². The Kier molecular flexibility index (Phi) is 4.01. The van der Waals surface area contributed by atoms with Gasteiger partial charge in [0.25, 0.3) is 0 Å². The Morgan fingerprint density at radius 3 is 2.55 bits per heavy atom. The smallest absolute Gasteiger partial charge is 0.308 e. The van der Waals surface area contributed by atoms with E-state index in [1.165, 1.54) is 11.0 Å². The molecule has 0 bridgehead atoms. The Balaban J connectivity index is 2.02. The third-order valence-electron chi connectivity index (χ3n) is 3.62. The molecule has 6 heteroatoms. The Bertz CT molecular complexity index is 547. The Labute approximate surface area is 115 Å². The van der Waals surface area contributed by atoms with Crippen molar-refractivity contribution in [2.75, 3.05) is 13.1 Å². The zero-order chi connectivity index (χ0) is 14.9. The number of carboxylic acids is 1. The van der Waals surface area contributed by atoms with Gasteiger partial charge in [-0.25, -0.2) is 8.78 Å². The van der Waals surface area contributed by atoms with Crippen LogP contribution in [0.2, 0.25) is 0 Å². The molecule has 1 aromatic rings. The topological polar surface area (TPSA) is 57.6 Å². The van der Waals surface area contributed by atoms with Gasteiger partial charge in [-0.2, -0.15) is 0 Å². The number of benzene rings is 1. The zero-order valence-electron chi connectivity index (χ0n) is 11.0. The first-order valence-corrected chi connectivity index (χ1v) is 6.33. The van der Waals surface area contributed by atoms with Crippen LogP contribution in [-0.4, -0.2) is 35.0 Å². The van der Waals surface area contributed by atoms with Crippen molar-refractivity contribution in [1.29, 1.82) is 0 Å². The van der Waals surface area contributed by atoms with Gasteiger partial charge in [-0.1, -0.05) is 13.0 Å². The van der Waals surface area contributed by atoms with Crippen molar-refractivity contribution in [3.8, 4) is 0 Å². The average Bonchev–Trinajstić information content (AvgIpc) is 2.76. The molecular formula is C14H15F2NO3. The molecule has 1 aliphatic heterocycles. The van der Waals surface area contributed by atoms with Gasteiger partial charge in [0.1, 0.15) is 0 Å². The summed E-state index contributed by atoms with van der Waals surface area (Å²) in [7, 11) is 0. The number of amides is 1. The second-order valence-corrected chi connectivity index (χ2v) is 5.15. The van der Waals surface area contributed by atoms with E-state index in [2.05, 4.69) is 0 Å². The molecule has 1 N–H and O–H groups in total. The molecule has 2 unspecified atom stereocenters. The quantitative estimate of drug-likeness (QED) is 0.918. The molecule has 1 fully saturated rings. The van der Waals surface area contributed by atoms with Gasteiger partial charge in [0.2, 0.25) is 5.91 Å². The van der Waals surface area contributed by atoms with Crippen LogP contribution in [-0.2, 0) is 16.0 Å². The molecular weight excluding hydrogens is 268 g/mol. The summed E-state index contributed by atoms with van der Waals surface area (Å²) in [6.45, 7) is 2.32. The van der Waals surface area contributed by atoms with E-state index >= 15 is 0 Å². The second kappa shape index (κ2) is 5.56. The summed E-state index contributed by atoms with van der Waals surface area (Å²) in [4.78, 5) is 24.5. The molecule has 2 rings (SSSR count). The molecule has 0 spiro atoms. The number of hydrogen-bond donors (Lipinski definition) is 1.